The lowest BCUT2D eigenvalue weighted by molar-refractivity contribution is -0.146. The highest BCUT2D eigenvalue weighted by atomic mass is 16.5. The number of unbranched alkanes of at least 4 members (excludes halogenated alkanes) is 37. The highest BCUT2D eigenvalue weighted by Gasteiger charge is 2.05. The van der Waals surface area contributed by atoms with Crippen LogP contribution in [0.1, 0.15) is 284 Å². The Labute approximate surface area is 350 Å². The molecule has 6 heteroatoms. The van der Waals surface area contributed by atoms with Crippen LogP contribution in [0.15, 0.2) is 0 Å². The first-order valence-electron chi connectivity index (χ1n) is 25.1. The van der Waals surface area contributed by atoms with E-state index in [1.165, 1.54) is 218 Å². The van der Waals surface area contributed by atoms with Gasteiger partial charge in [0.15, 0.2) is 0 Å². The Morgan fingerprint density at radius 3 is 0.643 bits per heavy atom. The van der Waals surface area contributed by atoms with Gasteiger partial charge < -0.3 is 19.7 Å². The van der Waals surface area contributed by atoms with Crippen molar-refractivity contribution in [2.24, 2.45) is 0 Å². The third-order valence-electron chi connectivity index (χ3n) is 11.1. The molecule has 0 aromatic rings. The van der Waals surface area contributed by atoms with Crippen LogP contribution in [0.3, 0.4) is 0 Å². The number of hydrogen-bond donors (Lipinski definition) is 2. The van der Waals surface area contributed by atoms with Gasteiger partial charge in [0.2, 0.25) is 0 Å². The number of carbonyl (C=O) groups is 2. The van der Waals surface area contributed by atoms with Crippen LogP contribution in [0.25, 0.3) is 0 Å². The molecule has 0 radical (unpaired) electrons. The van der Waals surface area contributed by atoms with E-state index in [-0.39, 0.29) is 25.2 Å². The third kappa shape index (κ3) is 55.0. The minimum atomic E-state index is -0.125. The van der Waals surface area contributed by atoms with Gasteiger partial charge in [0, 0.05) is 12.8 Å². The first-order valence-corrected chi connectivity index (χ1v) is 25.1. The number of esters is 2. The zero-order valence-electron chi connectivity index (χ0n) is 38.1. The molecule has 0 saturated heterocycles. The zero-order chi connectivity index (χ0) is 41.1. The van der Waals surface area contributed by atoms with E-state index in [9.17, 15) is 9.59 Å². The second kappa shape index (κ2) is 53.9. The lowest BCUT2D eigenvalue weighted by Gasteiger charge is -2.07. The van der Waals surface area contributed by atoms with Gasteiger partial charge in [-0.2, -0.15) is 0 Å². The van der Waals surface area contributed by atoms with Crippen molar-refractivity contribution in [3.8, 4) is 0 Å². The Bertz CT molecular complexity index is 668. The Kier molecular flexibility index (Phi) is 54.8. The second-order valence-electron chi connectivity index (χ2n) is 16.8. The Hall–Kier alpha value is -1.14. The normalized spacial score (nSPS) is 11.1. The third-order valence-corrected chi connectivity index (χ3v) is 11.1. The van der Waals surface area contributed by atoms with E-state index in [2.05, 4.69) is 13.8 Å². The molecule has 0 aliphatic rings. The quantitative estimate of drug-likeness (QED) is 0.0471. The maximum absolute atomic E-state index is 12.0. The Morgan fingerprint density at radius 2 is 0.464 bits per heavy atom. The SMILES string of the molecule is CCCCCCCCCCCCCCCCCCCCCC(=O)OCCCCOC(=O)CCCCCCCCCCCCCCCCCCCCC.OCCO. The fraction of sp³-hybridized carbons (Fsp3) is 0.960. The first kappa shape index (κ1) is 57.0. The van der Waals surface area contributed by atoms with Crippen LogP contribution in [0.2, 0.25) is 0 Å². The molecule has 6 nitrogen and oxygen atoms in total. The standard InChI is InChI=1S/C48H94O4.C2H6O2/c1-3-5-7-9-11-13-15-17-19-21-23-25-27-29-31-33-35-37-39-43-47(49)51-45-41-42-46-52-48(50)44-40-38-36-34-32-30-28-26-24-22-20-18-16-14-12-10-8-6-4-2;3-1-2-4/h3-46H2,1-2H3;3-4H,1-2H2. The van der Waals surface area contributed by atoms with Gasteiger partial charge in [0.25, 0.3) is 0 Å². The highest BCUT2D eigenvalue weighted by Crippen LogP contribution is 2.17. The largest absolute Gasteiger partial charge is 0.466 e. The van der Waals surface area contributed by atoms with Crippen molar-refractivity contribution in [1.82, 2.24) is 0 Å². The van der Waals surface area contributed by atoms with Gasteiger partial charge in [-0.05, 0) is 25.7 Å². The van der Waals surface area contributed by atoms with Crippen molar-refractivity contribution < 1.29 is 29.3 Å². The molecule has 2 N–H and O–H groups in total. The molecule has 0 bridgehead atoms. The molecule has 0 unspecified atom stereocenters. The molecule has 0 spiro atoms. The molecular formula is C50H100O6. The molecule has 0 aromatic carbocycles. The smallest absolute Gasteiger partial charge is 0.305 e. The minimum absolute atomic E-state index is 0.0756. The van der Waals surface area contributed by atoms with Crippen molar-refractivity contribution in [1.29, 1.82) is 0 Å². The number of aliphatic hydroxyl groups is 2. The molecule has 0 atom stereocenters. The summed E-state index contributed by atoms with van der Waals surface area (Å²) in [5, 5.41) is 15.2. The van der Waals surface area contributed by atoms with E-state index in [1.807, 2.05) is 0 Å². The summed E-state index contributed by atoms with van der Waals surface area (Å²) in [6, 6.07) is 0. The van der Waals surface area contributed by atoms with E-state index in [0.717, 1.165) is 38.5 Å². The van der Waals surface area contributed by atoms with E-state index >= 15 is 0 Å². The molecule has 0 aliphatic carbocycles. The molecule has 336 valence electrons. The molecule has 0 aromatic heterocycles. The van der Waals surface area contributed by atoms with Crippen molar-refractivity contribution in [3.05, 3.63) is 0 Å². The fourth-order valence-electron chi connectivity index (χ4n) is 7.42. The van der Waals surface area contributed by atoms with Gasteiger partial charge in [0.05, 0.1) is 26.4 Å². The Balaban J connectivity index is 0. The van der Waals surface area contributed by atoms with Crippen LogP contribution in [-0.4, -0.2) is 48.6 Å². The summed E-state index contributed by atoms with van der Waals surface area (Å²) in [6.07, 6.45) is 54.3. The topological polar surface area (TPSA) is 93.1 Å². The summed E-state index contributed by atoms with van der Waals surface area (Å²) < 4.78 is 10.8. The summed E-state index contributed by atoms with van der Waals surface area (Å²) in [4.78, 5) is 24.0. The van der Waals surface area contributed by atoms with Crippen LogP contribution in [0.4, 0.5) is 0 Å². The molecule has 0 rings (SSSR count). The molecule has 0 heterocycles. The fourth-order valence-corrected chi connectivity index (χ4v) is 7.42. The lowest BCUT2D eigenvalue weighted by atomic mass is 10.0. The maximum atomic E-state index is 12.0. The van der Waals surface area contributed by atoms with Crippen molar-refractivity contribution in [2.75, 3.05) is 26.4 Å². The van der Waals surface area contributed by atoms with Gasteiger partial charge in [-0.15, -0.1) is 0 Å². The predicted octanol–water partition coefficient (Wildman–Crippen LogP) is 15.5. The van der Waals surface area contributed by atoms with Crippen LogP contribution >= 0.6 is 0 Å². The van der Waals surface area contributed by atoms with Gasteiger partial charge >= 0.3 is 11.9 Å². The lowest BCUT2D eigenvalue weighted by Crippen LogP contribution is -2.08. The minimum Gasteiger partial charge on any atom is -0.466 e. The zero-order valence-corrected chi connectivity index (χ0v) is 38.1. The van der Waals surface area contributed by atoms with Gasteiger partial charge in [-0.3, -0.25) is 9.59 Å². The Morgan fingerprint density at radius 1 is 0.286 bits per heavy atom. The summed E-state index contributed by atoms with van der Waals surface area (Å²) in [5.74, 6) is -0.151. The highest BCUT2D eigenvalue weighted by molar-refractivity contribution is 5.69. The maximum Gasteiger partial charge on any atom is 0.305 e. The molecule has 0 amide bonds. The van der Waals surface area contributed by atoms with Crippen molar-refractivity contribution in [2.45, 2.75) is 284 Å². The summed E-state index contributed by atoms with van der Waals surface area (Å²) >= 11 is 0. The van der Waals surface area contributed by atoms with E-state index in [0.29, 0.717) is 26.1 Å². The molecule has 56 heavy (non-hydrogen) atoms. The monoisotopic (exact) mass is 797 g/mol. The summed E-state index contributed by atoms with van der Waals surface area (Å²) in [7, 11) is 0. The van der Waals surface area contributed by atoms with Crippen molar-refractivity contribution >= 4 is 11.9 Å². The molecule has 0 saturated carbocycles. The number of hydrogen-bond acceptors (Lipinski definition) is 6. The van der Waals surface area contributed by atoms with Gasteiger partial charge in [-0.25, -0.2) is 0 Å². The number of aliphatic hydroxyl groups excluding tert-OH is 2. The number of ether oxygens (including phenoxy) is 2. The number of carbonyl (C=O) groups excluding carboxylic acids is 2. The van der Waals surface area contributed by atoms with E-state index in [4.69, 9.17) is 19.7 Å². The van der Waals surface area contributed by atoms with Gasteiger partial charge in [0.1, 0.15) is 0 Å². The average molecular weight is 797 g/mol. The first-order chi connectivity index (χ1) is 27.6. The van der Waals surface area contributed by atoms with Crippen LogP contribution in [-0.2, 0) is 19.1 Å². The average Bonchev–Trinajstić information content (AvgIpc) is 3.21. The molecule has 0 fully saturated rings. The van der Waals surface area contributed by atoms with Crippen molar-refractivity contribution in [3.63, 3.8) is 0 Å². The molecular weight excluding hydrogens is 697 g/mol. The predicted molar refractivity (Wildman–Crippen MR) is 241 cm³/mol. The van der Waals surface area contributed by atoms with Crippen LogP contribution in [0, 0.1) is 0 Å². The molecule has 0 aliphatic heterocycles. The van der Waals surface area contributed by atoms with E-state index < -0.39 is 0 Å². The van der Waals surface area contributed by atoms with Crippen LogP contribution < -0.4 is 0 Å². The van der Waals surface area contributed by atoms with E-state index in [1.54, 1.807) is 0 Å². The number of rotatable bonds is 46. The van der Waals surface area contributed by atoms with Gasteiger partial charge in [-0.1, -0.05) is 245 Å². The summed E-state index contributed by atoms with van der Waals surface area (Å²) in [6.45, 7) is 5.21. The second-order valence-corrected chi connectivity index (χ2v) is 16.8. The van der Waals surface area contributed by atoms with Crippen LogP contribution in [0.5, 0.6) is 0 Å². The summed E-state index contributed by atoms with van der Waals surface area (Å²) in [5.41, 5.74) is 0.